The molecule has 2 aliphatic rings. The lowest BCUT2D eigenvalue weighted by Crippen LogP contribution is -2.72. The van der Waals surface area contributed by atoms with Gasteiger partial charge in [0, 0.05) is 12.5 Å². The molecule has 2 rings (SSSR count). The Balaban J connectivity index is 2.19. The first-order valence-electron chi connectivity index (χ1n) is 5.22. The second-order valence-corrected chi connectivity index (χ2v) is 5.00. The van der Waals surface area contributed by atoms with E-state index in [-0.39, 0.29) is 12.0 Å². The summed E-state index contributed by atoms with van der Waals surface area (Å²) in [6.07, 6.45) is 0. The minimum Gasteiger partial charge on any atom is -0.479 e. The summed E-state index contributed by atoms with van der Waals surface area (Å²) in [5.74, 6) is -2.05. The number of ether oxygens (including phenoxy) is 1. The third-order valence-electron chi connectivity index (χ3n) is 2.79. The Bertz CT molecular complexity index is 450. The molecule has 0 radical (unpaired) electrons. The molecule has 1 fully saturated rings. The molecule has 0 spiro atoms. The van der Waals surface area contributed by atoms with Crippen molar-refractivity contribution in [1.82, 2.24) is 4.90 Å². The van der Waals surface area contributed by atoms with Crippen LogP contribution in [0.5, 0.6) is 0 Å². The number of esters is 1. The number of aliphatic carboxylic acids is 1. The van der Waals surface area contributed by atoms with Crippen molar-refractivity contribution in [2.75, 3.05) is 6.61 Å². The quantitative estimate of drug-likeness (QED) is 0.507. The molecule has 2 heterocycles. The van der Waals surface area contributed by atoms with Crippen molar-refractivity contribution >= 4 is 29.6 Å². The van der Waals surface area contributed by atoms with Gasteiger partial charge >= 0.3 is 11.9 Å². The van der Waals surface area contributed by atoms with Crippen LogP contribution < -0.4 is 5.73 Å². The normalized spacial score (nSPS) is 30.1. The van der Waals surface area contributed by atoms with Gasteiger partial charge < -0.3 is 20.5 Å². The van der Waals surface area contributed by atoms with Gasteiger partial charge in [-0.2, -0.15) is 0 Å². The Kier molecular flexibility index (Phi) is 3.31. The van der Waals surface area contributed by atoms with Crippen molar-refractivity contribution in [3.8, 4) is 0 Å². The number of nitrogens with zero attached hydrogens (tertiary/aromatic N) is 1. The van der Waals surface area contributed by atoms with E-state index in [0.29, 0.717) is 5.57 Å². The lowest BCUT2D eigenvalue weighted by atomic mass is 9.99. The summed E-state index contributed by atoms with van der Waals surface area (Å²) >= 11 is 1.27. The van der Waals surface area contributed by atoms with E-state index in [1.165, 1.54) is 23.6 Å². The number of amides is 1. The molecule has 1 saturated heterocycles. The van der Waals surface area contributed by atoms with Gasteiger partial charge in [-0.15, -0.1) is 11.8 Å². The number of nitrogens with two attached hydrogens (primary N) is 1. The Labute approximate surface area is 107 Å². The molecule has 0 aromatic heterocycles. The number of β-lactam (4-membered cyclic amide) rings is 1. The summed E-state index contributed by atoms with van der Waals surface area (Å²) in [5.41, 5.74) is 5.96. The molecule has 98 valence electrons. The van der Waals surface area contributed by atoms with Crippen molar-refractivity contribution in [3.05, 3.63) is 11.0 Å². The summed E-state index contributed by atoms with van der Waals surface area (Å²) in [6.45, 7) is 1.10. The zero-order valence-corrected chi connectivity index (χ0v) is 10.3. The first-order chi connectivity index (χ1) is 8.43. The highest BCUT2D eigenvalue weighted by Gasteiger charge is 2.53. The van der Waals surface area contributed by atoms with Crippen LogP contribution in [0.15, 0.2) is 11.0 Å². The van der Waals surface area contributed by atoms with E-state index in [1.54, 1.807) is 5.41 Å². The largest absolute Gasteiger partial charge is 0.479 e. The highest BCUT2D eigenvalue weighted by Crippen LogP contribution is 2.39. The maximum atomic E-state index is 11.6. The molecule has 0 aliphatic carbocycles. The first kappa shape index (κ1) is 12.9. The molecule has 3 atom stereocenters. The van der Waals surface area contributed by atoms with E-state index in [9.17, 15) is 19.5 Å². The Morgan fingerprint density at radius 2 is 2.28 bits per heavy atom. The first-order valence-corrected chi connectivity index (χ1v) is 6.16. The molecule has 2 aliphatic heterocycles. The fourth-order valence-electron chi connectivity index (χ4n) is 1.91. The van der Waals surface area contributed by atoms with Crippen LogP contribution >= 0.6 is 11.8 Å². The van der Waals surface area contributed by atoms with Gasteiger partial charge in [-0.3, -0.25) is 9.59 Å². The lowest BCUT2D eigenvalue weighted by Gasteiger charge is -2.49. The third kappa shape index (κ3) is 1.97. The van der Waals surface area contributed by atoms with Crippen LogP contribution in [0.2, 0.25) is 0 Å². The van der Waals surface area contributed by atoms with Crippen LogP contribution in [0.4, 0.5) is 0 Å². The second-order valence-electron chi connectivity index (χ2n) is 4.01. The van der Waals surface area contributed by atoms with Gasteiger partial charge in [0.15, 0.2) is 6.04 Å². The number of thioether (sulfide) groups is 1. The average Bonchev–Trinajstić information content (AvgIpc) is 2.33. The molecule has 0 bridgehead atoms. The molecule has 7 nitrogen and oxygen atoms in total. The molecule has 0 aromatic carbocycles. The van der Waals surface area contributed by atoms with Crippen LogP contribution in [0, 0.1) is 0 Å². The molecule has 3 N–H and O–H groups in total. The van der Waals surface area contributed by atoms with Crippen LogP contribution in [0.3, 0.4) is 0 Å². The second kappa shape index (κ2) is 4.62. The molecule has 0 saturated carbocycles. The summed E-state index contributed by atoms with van der Waals surface area (Å²) in [6, 6.07) is -1.76. The van der Waals surface area contributed by atoms with Gasteiger partial charge in [0.2, 0.25) is 5.91 Å². The van der Waals surface area contributed by atoms with Crippen molar-refractivity contribution in [2.24, 2.45) is 5.73 Å². The number of hydrogen-bond donors (Lipinski definition) is 2. The van der Waals surface area contributed by atoms with Gasteiger partial charge in [-0.25, -0.2) is 4.79 Å². The average molecular weight is 272 g/mol. The predicted octanol–water partition coefficient (Wildman–Crippen LogP) is -0.871. The van der Waals surface area contributed by atoms with Crippen LogP contribution in [0.1, 0.15) is 6.92 Å². The van der Waals surface area contributed by atoms with E-state index in [1.807, 2.05) is 0 Å². The summed E-state index contributed by atoms with van der Waals surface area (Å²) in [5, 5.41) is 10.4. The Morgan fingerprint density at radius 1 is 1.61 bits per heavy atom. The number of hydrogen-bond acceptors (Lipinski definition) is 6. The van der Waals surface area contributed by atoms with Crippen LogP contribution in [-0.2, 0) is 19.1 Å². The highest BCUT2D eigenvalue weighted by molar-refractivity contribution is 8.02. The fraction of sp³-hybridized carbons (Fsp3) is 0.500. The summed E-state index contributed by atoms with van der Waals surface area (Å²) in [7, 11) is 0. The molecular formula is C10H12N2O5S. The molecule has 18 heavy (non-hydrogen) atoms. The monoisotopic (exact) mass is 272 g/mol. The number of carbonyl (C=O) groups excluding carboxylic acids is 2. The minimum atomic E-state index is -1.15. The minimum absolute atomic E-state index is 0.134. The zero-order valence-electron chi connectivity index (χ0n) is 9.53. The predicted molar refractivity (Wildman–Crippen MR) is 62.3 cm³/mol. The van der Waals surface area contributed by atoms with Gasteiger partial charge in [0.05, 0.1) is 0 Å². The van der Waals surface area contributed by atoms with E-state index < -0.39 is 29.9 Å². The zero-order chi connectivity index (χ0) is 13.4. The maximum absolute atomic E-state index is 11.6. The van der Waals surface area contributed by atoms with Crippen LogP contribution in [0.25, 0.3) is 0 Å². The van der Waals surface area contributed by atoms with Crippen molar-refractivity contribution in [2.45, 2.75) is 24.4 Å². The van der Waals surface area contributed by atoms with Crippen LogP contribution in [-0.4, -0.2) is 51.9 Å². The topological polar surface area (TPSA) is 110 Å². The Hall–Kier alpha value is -1.54. The number of carbonyl (C=O) groups is 3. The maximum Gasteiger partial charge on any atom is 0.330 e. The van der Waals surface area contributed by atoms with Crippen molar-refractivity contribution < 1.29 is 24.2 Å². The number of fused-ring (bicyclic) bond motifs is 1. The molecule has 1 amide bonds. The third-order valence-corrected chi connectivity index (χ3v) is 4.02. The van der Waals surface area contributed by atoms with E-state index >= 15 is 0 Å². The smallest absolute Gasteiger partial charge is 0.330 e. The van der Waals surface area contributed by atoms with Gasteiger partial charge in [-0.1, -0.05) is 0 Å². The van der Waals surface area contributed by atoms with E-state index in [2.05, 4.69) is 0 Å². The Morgan fingerprint density at radius 3 is 2.83 bits per heavy atom. The molecular weight excluding hydrogens is 260 g/mol. The lowest BCUT2D eigenvalue weighted by molar-refractivity contribution is -0.158. The molecule has 8 heteroatoms. The fourth-order valence-corrected chi connectivity index (χ4v) is 3.06. The summed E-state index contributed by atoms with van der Waals surface area (Å²) < 4.78 is 4.78. The van der Waals surface area contributed by atoms with Crippen molar-refractivity contribution in [3.63, 3.8) is 0 Å². The van der Waals surface area contributed by atoms with E-state index in [4.69, 9.17) is 10.5 Å². The number of carboxylic acids is 1. The van der Waals surface area contributed by atoms with Crippen molar-refractivity contribution in [1.29, 1.82) is 0 Å². The van der Waals surface area contributed by atoms with Gasteiger partial charge in [0.25, 0.3) is 0 Å². The molecule has 0 aromatic rings. The van der Waals surface area contributed by atoms with E-state index in [0.717, 1.165) is 0 Å². The van der Waals surface area contributed by atoms with Gasteiger partial charge in [0.1, 0.15) is 18.0 Å². The number of carboxylic acid groups (broad SMARTS) is 1. The number of rotatable bonds is 3. The standard InChI is InChI=1S/C10H12N2O5S/c1-4(13)17-2-5-3-18-9-6(11)8(14)12(9)7(5)10(15)16/h3,6-7,9H,2,11H2,1H3,(H,15,16)/t6-,7?,9-/m1/s1. The molecule has 1 unspecified atom stereocenters. The SMILES string of the molecule is CC(=O)OCC1=CS[C@@H]2[C@H](N)C(=O)N2C1C(=O)O. The summed E-state index contributed by atoms with van der Waals surface area (Å²) in [4.78, 5) is 34.8. The highest BCUT2D eigenvalue weighted by atomic mass is 32.2. The van der Waals surface area contributed by atoms with Gasteiger partial charge in [-0.05, 0) is 5.41 Å².